The first kappa shape index (κ1) is 11.4. The van der Waals surface area contributed by atoms with Crippen molar-refractivity contribution in [1.82, 2.24) is 10.2 Å². The van der Waals surface area contributed by atoms with E-state index in [9.17, 15) is 5.11 Å². The molecule has 2 rings (SSSR count). The Hall–Kier alpha value is -1.06. The number of rotatable bonds is 4. The van der Waals surface area contributed by atoms with Gasteiger partial charge in [0.25, 0.3) is 0 Å². The van der Waals surface area contributed by atoms with Crippen LogP contribution in [0.1, 0.15) is 18.9 Å². The Morgan fingerprint density at radius 2 is 2.25 bits per heavy atom. The van der Waals surface area contributed by atoms with E-state index in [1.54, 1.807) is 6.07 Å². The number of phenolic OH excluding ortho intramolecular Hbond substituents is 1. The number of hydrogen-bond donors (Lipinski definition) is 2. The molecule has 16 heavy (non-hydrogen) atoms. The van der Waals surface area contributed by atoms with E-state index < -0.39 is 0 Å². The van der Waals surface area contributed by atoms with Gasteiger partial charge < -0.3 is 10.4 Å². The van der Waals surface area contributed by atoms with Crippen molar-refractivity contribution in [2.45, 2.75) is 25.9 Å². The molecular weight excluding hydrogens is 200 g/mol. The van der Waals surface area contributed by atoms with Crippen LogP contribution in [0.25, 0.3) is 0 Å². The van der Waals surface area contributed by atoms with E-state index in [4.69, 9.17) is 0 Å². The molecule has 0 aliphatic carbocycles. The van der Waals surface area contributed by atoms with Gasteiger partial charge in [-0.2, -0.15) is 0 Å². The molecule has 0 bridgehead atoms. The molecule has 88 valence electrons. The minimum absolute atomic E-state index is 0.409. The Labute approximate surface area is 97.1 Å². The summed E-state index contributed by atoms with van der Waals surface area (Å²) in [4.78, 5) is 2.43. The van der Waals surface area contributed by atoms with Crippen LogP contribution in [-0.4, -0.2) is 35.7 Å². The van der Waals surface area contributed by atoms with E-state index in [0.717, 1.165) is 31.7 Å². The molecule has 1 aliphatic rings. The van der Waals surface area contributed by atoms with Gasteiger partial charge in [-0.3, -0.25) is 4.90 Å². The summed E-state index contributed by atoms with van der Waals surface area (Å²) in [7, 11) is 0. The molecule has 3 nitrogen and oxygen atoms in total. The monoisotopic (exact) mass is 220 g/mol. The summed E-state index contributed by atoms with van der Waals surface area (Å²) in [6.07, 6.45) is 1.21. The summed E-state index contributed by atoms with van der Waals surface area (Å²) in [5, 5.41) is 13.1. The van der Waals surface area contributed by atoms with Crippen LogP contribution in [0.5, 0.6) is 5.75 Å². The van der Waals surface area contributed by atoms with Gasteiger partial charge in [0.1, 0.15) is 5.75 Å². The van der Waals surface area contributed by atoms with Crippen molar-refractivity contribution in [2.24, 2.45) is 0 Å². The number of nitrogens with zero attached hydrogens (tertiary/aromatic N) is 1. The highest BCUT2D eigenvalue weighted by atomic mass is 16.3. The zero-order chi connectivity index (χ0) is 11.4. The largest absolute Gasteiger partial charge is 0.508 e. The minimum atomic E-state index is 0.409. The predicted molar refractivity (Wildman–Crippen MR) is 65.5 cm³/mol. The predicted octanol–water partition coefficient (Wildman–Crippen LogP) is 1.58. The fourth-order valence-electron chi connectivity index (χ4n) is 2.31. The molecule has 1 unspecified atom stereocenters. The normalized spacial score (nSPS) is 20.5. The van der Waals surface area contributed by atoms with Crippen LogP contribution < -0.4 is 5.32 Å². The quantitative estimate of drug-likeness (QED) is 0.808. The Kier molecular flexibility index (Phi) is 3.80. The molecule has 2 N–H and O–H groups in total. The molecule has 3 heteroatoms. The van der Waals surface area contributed by atoms with Crippen LogP contribution in [0.4, 0.5) is 0 Å². The number of phenols is 1. The number of hydrogen-bond acceptors (Lipinski definition) is 3. The van der Waals surface area contributed by atoms with Crippen molar-refractivity contribution in [3.63, 3.8) is 0 Å². The van der Waals surface area contributed by atoms with Gasteiger partial charge in [-0.25, -0.2) is 0 Å². The standard InChI is InChI=1S/C13H20N2O/c1-2-15(12-7-8-14-9-12)10-11-5-3-4-6-13(11)16/h3-6,12,14,16H,2,7-10H2,1H3. The lowest BCUT2D eigenvalue weighted by Crippen LogP contribution is -2.36. The molecule has 0 radical (unpaired) electrons. The SMILES string of the molecule is CCN(Cc1ccccc1O)C1CCNC1. The third-order valence-corrected chi connectivity index (χ3v) is 3.32. The van der Waals surface area contributed by atoms with Crippen molar-refractivity contribution < 1.29 is 5.11 Å². The molecule has 0 spiro atoms. The van der Waals surface area contributed by atoms with E-state index in [0.29, 0.717) is 11.8 Å². The third kappa shape index (κ3) is 2.54. The lowest BCUT2D eigenvalue weighted by Gasteiger charge is -2.27. The summed E-state index contributed by atoms with van der Waals surface area (Å²) in [6, 6.07) is 8.22. The van der Waals surface area contributed by atoms with Crippen molar-refractivity contribution in [1.29, 1.82) is 0 Å². The van der Waals surface area contributed by atoms with E-state index in [2.05, 4.69) is 17.1 Å². The molecule has 1 heterocycles. The van der Waals surface area contributed by atoms with Crippen LogP contribution in [0.2, 0.25) is 0 Å². The molecular formula is C13H20N2O. The third-order valence-electron chi connectivity index (χ3n) is 3.32. The van der Waals surface area contributed by atoms with Crippen molar-refractivity contribution in [2.75, 3.05) is 19.6 Å². The molecule has 1 aliphatic heterocycles. The first-order valence-corrected chi connectivity index (χ1v) is 6.03. The lowest BCUT2D eigenvalue weighted by atomic mass is 10.1. The van der Waals surface area contributed by atoms with Gasteiger partial charge in [0, 0.05) is 24.7 Å². The van der Waals surface area contributed by atoms with E-state index in [1.807, 2.05) is 18.2 Å². The second-order valence-electron chi connectivity index (χ2n) is 4.34. The van der Waals surface area contributed by atoms with Gasteiger partial charge in [-0.1, -0.05) is 25.1 Å². The van der Waals surface area contributed by atoms with Crippen LogP contribution in [0.15, 0.2) is 24.3 Å². The maximum atomic E-state index is 9.76. The summed E-state index contributed by atoms with van der Waals surface area (Å²) in [5.41, 5.74) is 1.02. The van der Waals surface area contributed by atoms with Crippen LogP contribution in [0, 0.1) is 0 Å². The highest BCUT2D eigenvalue weighted by molar-refractivity contribution is 5.31. The second kappa shape index (κ2) is 5.32. The molecule has 1 saturated heterocycles. The maximum absolute atomic E-state index is 9.76. The van der Waals surface area contributed by atoms with Gasteiger partial charge in [0.05, 0.1) is 0 Å². The summed E-state index contributed by atoms with van der Waals surface area (Å²) < 4.78 is 0. The molecule has 1 aromatic carbocycles. The molecule has 0 saturated carbocycles. The fraction of sp³-hybridized carbons (Fsp3) is 0.538. The molecule has 0 amide bonds. The zero-order valence-corrected chi connectivity index (χ0v) is 9.82. The van der Waals surface area contributed by atoms with Crippen molar-refractivity contribution in [3.8, 4) is 5.75 Å². The summed E-state index contributed by atoms with van der Waals surface area (Å²) >= 11 is 0. The smallest absolute Gasteiger partial charge is 0.120 e. The van der Waals surface area contributed by atoms with Gasteiger partial charge in [0.15, 0.2) is 0 Å². The summed E-state index contributed by atoms with van der Waals surface area (Å²) in [6.45, 7) is 6.23. The maximum Gasteiger partial charge on any atom is 0.120 e. The Morgan fingerprint density at radius 1 is 1.44 bits per heavy atom. The van der Waals surface area contributed by atoms with Crippen LogP contribution in [0.3, 0.4) is 0 Å². The number of likely N-dealkylation sites (N-methyl/N-ethyl adjacent to an activating group) is 1. The van der Waals surface area contributed by atoms with Gasteiger partial charge in [-0.15, -0.1) is 0 Å². The van der Waals surface area contributed by atoms with E-state index in [-0.39, 0.29) is 0 Å². The Balaban J connectivity index is 2.03. The van der Waals surface area contributed by atoms with Gasteiger partial charge >= 0.3 is 0 Å². The molecule has 1 fully saturated rings. The number of nitrogens with one attached hydrogen (secondary N) is 1. The second-order valence-corrected chi connectivity index (χ2v) is 4.34. The Morgan fingerprint density at radius 3 is 2.88 bits per heavy atom. The van der Waals surface area contributed by atoms with Gasteiger partial charge in [-0.05, 0) is 25.6 Å². The molecule has 1 atom stereocenters. The number of benzene rings is 1. The number of para-hydroxylation sites is 1. The highest BCUT2D eigenvalue weighted by Crippen LogP contribution is 2.20. The van der Waals surface area contributed by atoms with E-state index in [1.165, 1.54) is 6.42 Å². The van der Waals surface area contributed by atoms with E-state index >= 15 is 0 Å². The zero-order valence-electron chi connectivity index (χ0n) is 9.82. The van der Waals surface area contributed by atoms with Crippen molar-refractivity contribution in [3.05, 3.63) is 29.8 Å². The number of aromatic hydroxyl groups is 1. The lowest BCUT2D eigenvalue weighted by molar-refractivity contribution is 0.208. The van der Waals surface area contributed by atoms with Crippen LogP contribution >= 0.6 is 0 Å². The average molecular weight is 220 g/mol. The fourth-order valence-corrected chi connectivity index (χ4v) is 2.31. The average Bonchev–Trinajstić information content (AvgIpc) is 2.81. The minimum Gasteiger partial charge on any atom is -0.508 e. The van der Waals surface area contributed by atoms with Crippen LogP contribution in [-0.2, 0) is 6.54 Å². The highest BCUT2D eigenvalue weighted by Gasteiger charge is 2.21. The van der Waals surface area contributed by atoms with Crippen molar-refractivity contribution >= 4 is 0 Å². The first-order valence-electron chi connectivity index (χ1n) is 6.03. The topological polar surface area (TPSA) is 35.5 Å². The molecule has 0 aromatic heterocycles. The Bertz CT molecular complexity index is 334. The van der Waals surface area contributed by atoms with Gasteiger partial charge in [0.2, 0.25) is 0 Å². The first-order chi connectivity index (χ1) is 7.81. The molecule has 1 aromatic rings. The summed E-state index contributed by atoms with van der Waals surface area (Å²) in [5.74, 6) is 0.409.